The van der Waals surface area contributed by atoms with Crippen LogP contribution in [0.3, 0.4) is 0 Å². The van der Waals surface area contributed by atoms with E-state index in [1.165, 1.54) is 0 Å². The van der Waals surface area contributed by atoms with Crippen LogP contribution in [0.1, 0.15) is 26.5 Å². The van der Waals surface area contributed by atoms with Gasteiger partial charge >= 0.3 is 0 Å². The van der Waals surface area contributed by atoms with Gasteiger partial charge in [-0.3, -0.25) is 14.6 Å². The SMILES string of the molecule is NC(=O)c1nc(-c2ccccc2)n2c1CCN(C(=O)c1cccnc1)CC2. The van der Waals surface area contributed by atoms with Crippen molar-refractivity contribution in [1.82, 2.24) is 19.4 Å². The normalized spacial score (nSPS) is 13.7. The van der Waals surface area contributed by atoms with Gasteiger partial charge in [-0.15, -0.1) is 0 Å². The van der Waals surface area contributed by atoms with Crippen molar-refractivity contribution >= 4 is 11.8 Å². The number of amides is 2. The Labute approximate surface area is 156 Å². The van der Waals surface area contributed by atoms with Crippen LogP contribution in [-0.4, -0.2) is 44.3 Å². The minimum atomic E-state index is -0.548. The third-order valence-corrected chi connectivity index (χ3v) is 4.75. The molecule has 0 radical (unpaired) electrons. The first kappa shape index (κ1) is 17.0. The Kier molecular flexibility index (Phi) is 4.42. The summed E-state index contributed by atoms with van der Waals surface area (Å²) in [5, 5.41) is 0. The number of hydrogen-bond acceptors (Lipinski definition) is 4. The quantitative estimate of drug-likeness (QED) is 0.769. The van der Waals surface area contributed by atoms with Gasteiger partial charge in [0.1, 0.15) is 11.5 Å². The summed E-state index contributed by atoms with van der Waals surface area (Å²) in [5.41, 5.74) is 8.10. The van der Waals surface area contributed by atoms with Crippen molar-refractivity contribution in [3.8, 4) is 11.4 Å². The van der Waals surface area contributed by atoms with Crippen molar-refractivity contribution in [2.75, 3.05) is 13.1 Å². The molecule has 0 fully saturated rings. The summed E-state index contributed by atoms with van der Waals surface area (Å²) in [6, 6.07) is 13.2. The van der Waals surface area contributed by atoms with Crippen molar-refractivity contribution in [3.63, 3.8) is 0 Å². The molecule has 1 aliphatic rings. The standard InChI is InChI=1S/C20H19N5O2/c21-18(26)17-16-8-10-24(20(27)15-7-4-9-22-13-15)11-12-25(16)19(23-17)14-5-2-1-3-6-14/h1-7,9,13H,8,10-12H2,(H2,21,26). The topological polar surface area (TPSA) is 94.1 Å². The Morgan fingerprint density at radius 2 is 1.81 bits per heavy atom. The lowest BCUT2D eigenvalue weighted by Gasteiger charge is -2.20. The summed E-state index contributed by atoms with van der Waals surface area (Å²) >= 11 is 0. The van der Waals surface area contributed by atoms with E-state index in [0.717, 1.165) is 11.3 Å². The fraction of sp³-hybridized carbons (Fsp3) is 0.200. The number of hydrogen-bond donors (Lipinski definition) is 1. The number of fused-ring (bicyclic) bond motifs is 1. The van der Waals surface area contributed by atoms with Crippen LogP contribution < -0.4 is 5.73 Å². The number of benzene rings is 1. The average Bonchev–Trinajstić information content (AvgIpc) is 2.94. The molecule has 0 aliphatic carbocycles. The van der Waals surface area contributed by atoms with Gasteiger partial charge in [-0.1, -0.05) is 30.3 Å². The van der Waals surface area contributed by atoms with Crippen LogP contribution in [-0.2, 0) is 13.0 Å². The minimum absolute atomic E-state index is 0.0660. The van der Waals surface area contributed by atoms with Gasteiger partial charge in [-0.25, -0.2) is 4.98 Å². The number of primary amides is 1. The minimum Gasteiger partial charge on any atom is -0.364 e. The molecule has 3 aromatic rings. The maximum Gasteiger partial charge on any atom is 0.269 e. The monoisotopic (exact) mass is 361 g/mol. The van der Waals surface area contributed by atoms with E-state index >= 15 is 0 Å². The summed E-state index contributed by atoms with van der Waals surface area (Å²) < 4.78 is 2.01. The fourth-order valence-corrected chi connectivity index (χ4v) is 3.43. The van der Waals surface area contributed by atoms with Gasteiger partial charge in [0.2, 0.25) is 0 Å². The first-order valence-electron chi connectivity index (χ1n) is 8.79. The molecule has 1 aromatic carbocycles. The maximum atomic E-state index is 12.8. The number of pyridine rings is 1. The van der Waals surface area contributed by atoms with Crippen LogP contribution in [0.15, 0.2) is 54.9 Å². The van der Waals surface area contributed by atoms with Crippen molar-refractivity contribution < 1.29 is 9.59 Å². The third-order valence-electron chi connectivity index (χ3n) is 4.75. The second kappa shape index (κ2) is 7.03. The number of aromatic nitrogens is 3. The number of nitrogens with zero attached hydrogens (tertiary/aromatic N) is 4. The first-order chi connectivity index (χ1) is 13.1. The smallest absolute Gasteiger partial charge is 0.269 e. The highest BCUT2D eigenvalue weighted by atomic mass is 16.2. The van der Waals surface area contributed by atoms with Gasteiger partial charge in [-0.05, 0) is 12.1 Å². The molecule has 7 nitrogen and oxygen atoms in total. The Bertz CT molecular complexity index is 982. The molecule has 2 aromatic heterocycles. The molecule has 0 saturated heterocycles. The summed E-state index contributed by atoms with van der Waals surface area (Å²) in [6.07, 6.45) is 3.73. The molecule has 0 bridgehead atoms. The summed E-state index contributed by atoms with van der Waals surface area (Å²) in [7, 11) is 0. The summed E-state index contributed by atoms with van der Waals surface area (Å²) in [6.45, 7) is 1.56. The molecule has 7 heteroatoms. The van der Waals surface area contributed by atoms with Gasteiger partial charge in [0.05, 0.1) is 11.3 Å². The molecule has 1 aliphatic heterocycles. The van der Waals surface area contributed by atoms with Gasteiger partial charge < -0.3 is 15.2 Å². The molecule has 4 rings (SSSR count). The van der Waals surface area contributed by atoms with Crippen LogP contribution in [0.4, 0.5) is 0 Å². The van der Waals surface area contributed by atoms with Crippen LogP contribution in [0.2, 0.25) is 0 Å². The van der Waals surface area contributed by atoms with Gasteiger partial charge in [-0.2, -0.15) is 0 Å². The Morgan fingerprint density at radius 3 is 2.52 bits per heavy atom. The average molecular weight is 361 g/mol. The van der Waals surface area contributed by atoms with Gasteiger partial charge in [0.15, 0.2) is 0 Å². The fourth-order valence-electron chi connectivity index (χ4n) is 3.43. The van der Waals surface area contributed by atoms with Crippen molar-refractivity contribution in [3.05, 3.63) is 71.8 Å². The molecule has 2 amide bonds. The van der Waals surface area contributed by atoms with E-state index in [-0.39, 0.29) is 11.6 Å². The lowest BCUT2D eigenvalue weighted by Crippen LogP contribution is -2.33. The zero-order valence-electron chi connectivity index (χ0n) is 14.7. The molecule has 3 heterocycles. The van der Waals surface area contributed by atoms with Crippen molar-refractivity contribution in [1.29, 1.82) is 0 Å². The van der Waals surface area contributed by atoms with Gasteiger partial charge in [0.25, 0.3) is 11.8 Å². The highest BCUT2D eigenvalue weighted by Gasteiger charge is 2.26. The van der Waals surface area contributed by atoms with Crippen LogP contribution in [0.5, 0.6) is 0 Å². The Hall–Kier alpha value is -3.48. The van der Waals surface area contributed by atoms with E-state index in [1.807, 2.05) is 34.9 Å². The lowest BCUT2D eigenvalue weighted by molar-refractivity contribution is 0.0758. The number of carbonyl (C=O) groups excluding carboxylic acids is 2. The summed E-state index contributed by atoms with van der Waals surface area (Å²) in [4.78, 5) is 35.0. The number of rotatable bonds is 3. The number of imidazole rings is 1. The van der Waals surface area contributed by atoms with E-state index in [0.29, 0.717) is 37.4 Å². The Morgan fingerprint density at radius 1 is 1.00 bits per heavy atom. The lowest BCUT2D eigenvalue weighted by atomic mass is 10.2. The highest BCUT2D eigenvalue weighted by molar-refractivity contribution is 5.94. The van der Waals surface area contributed by atoms with E-state index in [4.69, 9.17) is 5.73 Å². The number of nitrogens with two attached hydrogens (primary N) is 1. The molecular weight excluding hydrogens is 342 g/mol. The molecule has 136 valence electrons. The predicted octanol–water partition coefficient (Wildman–Crippen LogP) is 1.74. The highest BCUT2D eigenvalue weighted by Crippen LogP contribution is 2.25. The van der Waals surface area contributed by atoms with Crippen LogP contribution in [0.25, 0.3) is 11.4 Å². The van der Waals surface area contributed by atoms with Crippen molar-refractivity contribution in [2.24, 2.45) is 5.73 Å². The van der Waals surface area contributed by atoms with Crippen LogP contribution >= 0.6 is 0 Å². The Balaban J connectivity index is 1.68. The largest absolute Gasteiger partial charge is 0.364 e. The van der Waals surface area contributed by atoms with E-state index in [1.54, 1.807) is 29.4 Å². The molecule has 0 spiro atoms. The number of carbonyl (C=O) groups is 2. The van der Waals surface area contributed by atoms with E-state index in [9.17, 15) is 9.59 Å². The van der Waals surface area contributed by atoms with Crippen molar-refractivity contribution in [2.45, 2.75) is 13.0 Å². The molecule has 0 saturated carbocycles. The maximum absolute atomic E-state index is 12.8. The molecule has 0 unspecified atom stereocenters. The van der Waals surface area contributed by atoms with Gasteiger partial charge in [0, 0.05) is 44.0 Å². The molecular formula is C20H19N5O2. The molecule has 2 N–H and O–H groups in total. The molecule has 0 atom stereocenters. The van der Waals surface area contributed by atoms with E-state index < -0.39 is 5.91 Å². The second-order valence-corrected chi connectivity index (χ2v) is 6.40. The zero-order valence-corrected chi connectivity index (χ0v) is 14.7. The zero-order chi connectivity index (χ0) is 18.8. The first-order valence-corrected chi connectivity index (χ1v) is 8.79. The van der Waals surface area contributed by atoms with E-state index in [2.05, 4.69) is 9.97 Å². The summed E-state index contributed by atoms with van der Waals surface area (Å²) in [5.74, 6) is 0.0896. The van der Waals surface area contributed by atoms with Crippen LogP contribution in [0, 0.1) is 0 Å². The third kappa shape index (κ3) is 3.19. The second-order valence-electron chi connectivity index (χ2n) is 6.40. The molecule has 27 heavy (non-hydrogen) atoms. The predicted molar refractivity (Wildman–Crippen MR) is 100 cm³/mol.